The molecule has 1 atom stereocenters. The van der Waals surface area contributed by atoms with Crippen molar-refractivity contribution in [1.29, 1.82) is 5.26 Å². The Labute approximate surface area is 135 Å². The zero-order valence-electron chi connectivity index (χ0n) is 13.5. The van der Waals surface area contributed by atoms with Crippen LogP contribution in [0.2, 0.25) is 0 Å². The molecule has 0 aliphatic carbocycles. The fourth-order valence-corrected chi connectivity index (χ4v) is 2.96. The van der Waals surface area contributed by atoms with Gasteiger partial charge in [-0.2, -0.15) is 16.6 Å². The third kappa shape index (κ3) is 4.09. The van der Waals surface area contributed by atoms with Crippen LogP contribution in [0.15, 0.2) is 21.2 Å². The molecule has 2 rings (SSSR count). The van der Waals surface area contributed by atoms with Gasteiger partial charge in [-0.3, -0.25) is 0 Å². The van der Waals surface area contributed by atoms with Crippen molar-refractivity contribution in [3.8, 4) is 6.07 Å². The second-order valence-electron chi connectivity index (χ2n) is 5.91. The molecule has 0 aliphatic heterocycles. The molecule has 0 saturated heterocycles. The van der Waals surface area contributed by atoms with E-state index in [2.05, 4.69) is 51.9 Å². The summed E-state index contributed by atoms with van der Waals surface area (Å²) in [5.74, 6) is 1.53. The quantitative estimate of drug-likeness (QED) is 0.846. The van der Waals surface area contributed by atoms with E-state index < -0.39 is 0 Å². The smallest absolute Gasteiger partial charge is 0.232 e. The van der Waals surface area contributed by atoms with E-state index in [1.54, 1.807) is 11.3 Å². The largest absolute Gasteiger partial charge is 0.424 e. The number of nitriles is 1. The van der Waals surface area contributed by atoms with Crippen LogP contribution < -0.4 is 5.32 Å². The van der Waals surface area contributed by atoms with Gasteiger partial charge in [0.25, 0.3) is 0 Å². The molecule has 0 aliphatic rings. The third-order valence-electron chi connectivity index (χ3n) is 3.37. The molecular weight excluding hydrogens is 296 g/mol. The van der Waals surface area contributed by atoms with Crippen LogP contribution >= 0.6 is 11.3 Å². The molecule has 0 bridgehead atoms. The Balaban J connectivity index is 2.09. The molecule has 0 radical (unpaired) electrons. The van der Waals surface area contributed by atoms with E-state index in [1.165, 1.54) is 5.56 Å². The molecule has 0 amide bonds. The summed E-state index contributed by atoms with van der Waals surface area (Å²) in [6.45, 7) is 4.86. The van der Waals surface area contributed by atoms with Gasteiger partial charge in [0.2, 0.25) is 11.6 Å². The Hall–Kier alpha value is -1.84. The summed E-state index contributed by atoms with van der Waals surface area (Å²) in [6.07, 6.45) is 0.734. The van der Waals surface area contributed by atoms with Crippen LogP contribution in [0, 0.1) is 17.2 Å². The number of thiophene rings is 1. The van der Waals surface area contributed by atoms with Gasteiger partial charge in [0.05, 0.1) is 6.04 Å². The van der Waals surface area contributed by atoms with Crippen molar-refractivity contribution < 1.29 is 4.42 Å². The van der Waals surface area contributed by atoms with E-state index in [0.29, 0.717) is 29.9 Å². The lowest BCUT2D eigenvalue weighted by Gasteiger charge is -2.23. The first-order valence-corrected chi connectivity index (χ1v) is 8.27. The normalized spacial score (nSPS) is 12.6. The predicted molar refractivity (Wildman–Crippen MR) is 89.0 cm³/mol. The van der Waals surface area contributed by atoms with Crippen molar-refractivity contribution >= 4 is 17.2 Å². The number of hydrogen-bond donors (Lipinski definition) is 1. The molecule has 22 heavy (non-hydrogen) atoms. The molecule has 118 valence electrons. The van der Waals surface area contributed by atoms with Crippen LogP contribution in [0.4, 0.5) is 5.88 Å². The maximum atomic E-state index is 9.20. The molecular formula is C16H22N4OS. The average molecular weight is 318 g/mol. The highest BCUT2D eigenvalue weighted by molar-refractivity contribution is 7.07. The number of anilines is 1. The SMILES string of the molecule is CC(C)Cc1nc(C#N)c(NC[C@@H](c2ccsc2)N(C)C)o1. The van der Waals surface area contributed by atoms with Gasteiger partial charge in [-0.1, -0.05) is 13.8 Å². The van der Waals surface area contributed by atoms with Gasteiger partial charge in [-0.05, 0) is 42.4 Å². The van der Waals surface area contributed by atoms with Crippen LogP contribution in [-0.2, 0) is 6.42 Å². The van der Waals surface area contributed by atoms with Gasteiger partial charge in [0.15, 0.2) is 5.89 Å². The molecule has 0 fully saturated rings. The van der Waals surface area contributed by atoms with Gasteiger partial charge >= 0.3 is 0 Å². The highest BCUT2D eigenvalue weighted by atomic mass is 32.1. The second-order valence-corrected chi connectivity index (χ2v) is 6.69. The molecule has 0 aromatic carbocycles. The lowest BCUT2D eigenvalue weighted by atomic mass is 10.1. The summed E-state index contributed by atoms with van der Waals surface area (Å²) in [7, 11) is 4.08. The number of likely N-dealkylation sites (N-methyl/N-ethyl adjacent to an activating group) is 1. The van der Waals surface area contributed by atoms with E-state index in [4.69, 9.17) is 4.42 Å². The Kier molecular flexibility index (Phi) is 5.58. The van der Waals surface area contributed by atoms with Gasteiger partial charge in [-0.25, -0.2) is 4.98 Å². The molecule has 6 heteroatoms. The summed E-state index contributed by atoms with van der Waals surface area (Å²) >= 11 is 1.68. The van der Waals surface area contributed by atoms with Gasteiger partial charge < -0.3 is 14.6 Å². The average Bonchev–Trinajstić information content (AvgIpc) is 3.08. The second kappa shape index (κ2) is 7.43. The van der Waals surface area contributed by atoms with Crippen molar-refractivity contribution in [2.24, 2.45) is 5.92 Å². The Morgan fingerprint density at radius 2 is 2.23 bits per heavy atom. The van der Waals surface area contributed by atoms with Crippen LogP contribution in [0.5, 0.6) is 0 Å². The zero-order chi connectivity index (χ0) is 16.1. The molecule has 2 heterocycles. The first-order valence-electron chi connectivity index (χ1n) is 7.33. The summed E-state index contributed by atoms with van der Waals surface area (Å²) in [5.41, 5.74) is 1.58. The van der Waals surface area contributed by atoms with Gasteiger partial charge in [-0.15, -0.1) is 0 Å². The van der Waals surface area contributed by atoms with Crippen LogP contribution in [0.3, 0.4) is 0 Å². The molecule has 1 N–H and O–H groups in total. The number of nitrogens with zero attached hydrogens (tertiary/aromatic N) is 3. The van der Waals surface area contributed by atoms with E-state index in [1.807, 2.05) is 14.1 Å². The maximum Gasteiger partial charge on any atom is 0.232 e. The summed E-state index contributed by atoms with van der Waals surface area (Å²) in [6, 6.07) is 4.43. The number of hydrogen-bond acceptors (Lipinski definition) is 6. The monoisotopic (exact) mass is 318 g/mol. The van der Waals surface area contributed by atoms with Crippen molar-refractivity contribution in [1.82, 2.24) is 9.88 Å². The van der Waals surface area contributed by atoms with Crippen molar-refractivity contribution in [3.05, 3.63) is 34.0 Å². The lowest BCUT2D eigenvalue weighted by Crippen LogP contribution is -2.26. The molecule has 0 spiro atoms. The van der Waals surface area contributed by atoms with Crippen molar-refractivity contribution in [3.63, 3.8) is 0 Å². The van der Waals surface area contributed by atoms with E-state index in [0.717, 1.165) is 6.42 Å². The summed E-state index contributed by atoms with van der Waals surface area (Å²) in [4.78, 5) is 6.40. The minimum absolute atomic E-state index is 0.219. The lowest BCUT2D eigenvalue weighted by molar-refractivity contribution is 0.310. The topological polar surface area (TPSA) is 65.1 Å². The Bertz CT molecular complexity index is 625. The van der Waals surface area contributed by atoms with Crippen molar-refractivity contribution in [2.45, 2.75) is 26.3 Å². The third-order valence-corrected chi connectivity index (χ3v) is 4.07. The summed E-state index contributed by atoms with van der Waals surface area (Å²) in [5, 5.41) is 16.7. The molecule has 5 nitrogen and oxygen atoms in total. The molecule has 2 aromatic heterocycles. The first kappa shape index (κ1) is 16.5. The standard InChI is InChI=1S/C16H22N4OS/c1-11(2)7-15-19-13(8-17)16(21-15)18-9-14(20(3)4)12-5-6-22-10-12/h5-6,10-11,14,18H,7,9H2,1-4H3/t14-/m0/s1. The van der Waals surface area contributed by atoms with Crippen molar-refractivity contribution in [2.75, 3.05) is 26.0 Å². The first-order chi connectivity index (χ1) is 10.5. The highest BCUT2D eigenvalue weighted by Gasteiger charge is 2.18. The van der Waals surface area contributed by atoms with E-state index in [-0.39, 0.29) is 6.04 Å². The van der Waals surface area contributed by atoms with Crippen LogP contribution in [-0.4, -0.2) is 30.5 Å². The van der Waals surface area contributed by atoms with E-state index >= 15 is 0 Å². The Morgan fingerprint density at radius 1 is 1.45 bits per heavy atom. The molecule has 0 unspecified atom stereocenters. The number of aromatic nitrogens is 1. The van der Waals surface area contributed by atoms with Gasteiger partial charge in [0.1, 0.15) is 6.07 Å². The molecule has 0 saturated carbocycles. The number of nitrogens with one attached hydrogen (secondary N) is 1. The fraction of sp³-hybridized carbons (Fsp3) is 0.500. The number of oxazole rings is 1. The highest BCUT2D eigenvalue weighted by Crippen LogP contribution is 2.24. The number of rotatable bonds is 7. The minimum Gasteiger partial charge on any atom is -0.424 e. The predicted octanol–water partition coefficient (Wildman–Crippen LogP) is 3.52. The van der Waals surface area contributed by atoms with E-state index in [9.17, 15) is 5.26 Å². The van der Waals surface area contributed by atoms with Gasteiger partial charge in [0, 0.05) is 13.0 Å². The Morgan fingerprint density at radius 3 is 2.77 bits per heavy atom. The fourth-order valence-electron chi connectivity index (χ4n) is 2.25. The minimum atomic E-state index is 0.219. The maximum absolute atomic E-state index is 9.20. The summed E-state index contributed by atoms with van der Waals surface area (Å²) < 4.78 is 5.70. The zero-order valence-corrected chi connectivity index (χ0v) is 14.3. The van der Waals surface area contributed by atoms with Crippen LogP contribution in [0.25, 0.3) is 0 Å². The van der Waals surface area contributed by atoms with Crippen LogP contribution in [0.1, 0.15) is 37.0 Å². The molecule has 2 aromatic rings.